The van der Waals surface area contributed by atoms with Crippen LogP contribution in [0.15, 0.2) is 48.6 Å². The van der Waals surface area contributed by atoms with E-state index in [1.807, 2.05) is 30.3 Å². The van der Waals surface area contributed by atoms with E-state index < -0.39 is 0 Å². The zero-order chi connectivity index (χ0) is 16.0. The molecular formula is C19H18O3. The third-order valence-electron chi connectivity index (χ3n) is 2.55. The zero-order valence-electron chi connectivity index (χ0n) is 12.8. The predicted octanol–water partition coefficient (Wildman–Crippen LogP) is 2.84. The van der Waals surface area contributed by atoms with E-state index >= 15 is 0 Å². The molecule has 1 aromatic rings. The minimum Gasteiger partial charge on any atom is -0.465 e. The van der Waals surface area contributed by atoms with Gasteiger partial charge in [-0.2, -0.15) is 0 Å². The Hall–Kier alpha value is -2.75. The molecule has 0 bridgehead atoms. The fourth-order valence-electron chi connectivity index (χ4n) is 1.55. The van der Waals surface area contributed by atoms with Gasteiger partial charge >= 0.3 is 5.97 Å². The van der Waals surface area contributed by atoms with Crippen molar-refractivity contribution in [3.63, 3.8) is 0 Å². The van der Waals surface area contributed by atoms with Crippen molar-refractivity contribution in [3.8, 4) is 23.7 Å². The highest BCUT2D eigenvalue weighted by molar-refractivity contribution is 6.16. The van der Waals surface area contributed by atoms with Crippen molar-refractivity contribution in [3.05, 3.63) is 54.1 Å². The van der Waals surface area contributed by atoms with Gasteiger partial charge in [-0.25, -0.2) is 4.79 Å². The molecule has 3 heteroatoms. The molecule has 0 spiro atoms. The van der Waals surface area contributed by atoms with Gasteiger partial charge in [-0.1, -0.05) is 54.3 Å². The molecule has 0 saturated heterocycles. The molecule has 0 atom stereocenters. The van der Waals surface area contributed by atoms with Gasteiger partial charge in [0.2, 0.25) is 0 Å². The molecule has 0 fully saturated rings. The Bertz CT molecular complexity index is 647. The number of rotatable bonds is 6. The van der Waals surface area contributed by atoms with Crippen LogP contribution in [0, 0.1) is 23.7 Å². The Morgan fingerprint density at radius 3 is 2.68 bits per heavy atom. The SMILES string of the molecule is CC#CC#CCOC/C=C/C=C(/C(=O)OC)c1ccccc1. The van der Waals surface area contributed by atoms with Crippen molar-refractivity contribution >= 4 is 11.5 Å². The predicted molar refractivity (Wildman–Crippen MR) is 87.6 cm³/mol. The second kappa shape index (κ2) is 11.0. The van der Waals surface area contributed by atoms with Crippen molar-refractivity contribution in [2.24, 2.45) is 0 Å². The van der Waals surface area contributed by atoms with Crippen LogP contribution < -0.4 is 0 Å². The minimum atomic E-state index is -0.374. The van der Waals surface area contributed by atoms with Crippen LogP contribution in [0.4, 0.5) is 0 Å². The lowest BCUT2D eigenvalue weighted by Crippen LogP contribution is -2.03. The van der Waals surface area contributed by atoms with Crippen molar-refractivity contribution in [1.82, 2.24) is 0 Å². The number of esters is 1. The Balaban J connectivity index is 2.59. The minimum absolute atomic E-state index is 0.325. The van der Waals surface area contributed by atoms with E-state index in [0.717, 1.165) is 5.56 Å². The molecule has 0 aliphatic heterocycles. The lowest BCUT2D eigenvalue weighted by molar-refractivity contribution is -0.133. The summed E-state index contributed by atoms with van der Waals surface area (Å²) in [5.74, 6) is 10.4. The molecule has 0 radical (unpaired) electrons. The number of carbonyl (C=O) groups excluding carboxylic acids is 1. The van der Waals surface area contributed by atoms with Gasteiger partial charge in [0.1, 0.15) is 6.61 Å². The van der Waals surface area contributed by atoms with Crippen molar-refractivity contribution in [2.45, 2.75) is 6.92 Å². The molecule has 112 valence electrons. The highest BCUT2D eigenvalue weighted by Gasteiger charge is 2.10. The summed E-state index contributed by atoms with van der Waals surface area (Å²) in [5, 5.41) is 0. The maximum Gasteiger partial charge on any atom is 0.338 e. The summed E-state index contributed by atoms with van der Waals surface area (Å²) < 4.78 is 10.1. The average Bonchev–Trinajstić information content (AvgIpc) is 2.57. The van der Waals surface area contributed by atoms with Crippen LogP contribution in [0.25, 0.3) is 5.57 Å². The standard InChI is InChI=1S/C19H18O3/c1-3-4-5-10-15-22-16-11-9-14-18(19(20)21-2)17-12-7-6-8-13-17/h6-9,11-14H,15-16H2,1-2H3/b11-9+,18-14+. The monoisotopic (exact) mass is 294 g/mol. The summed E-state index contributed by atoms with van der Waals surface area (Å²) in [5.41, 5.74) is 1.31. The van der Waals surface area contributed by atoms with Gasteiger partial charge in [0.15, 0.2) is 0 Å². The Labute approximate surface area is 131 Å². The average molecular weight is 294 g/mol. The first-order valence-electron chi connectivity index (χ1n) is 6.77. The maximum absolute atomic E-state index is 11.8. The summed E-state index contributed by atoms with van der Waals surface area (Å²) >= 11 is 0. The van der Waals surface area contributed by atoms with Gasteiger partial charge in [0.25, 0.3) is 0 Å². The second-order valence-corrected chi connectivity index (χ2v) is 4.06. The van der Waals surface area contributed by atoms with Crippen LogP contribution in [0.1, 0.15) is 12.5 Å². The van der Waals surface area contributed by atoms with E-state index in [1.54, 1.807) is 25.2 Å². The quantitative estimate of drug-likeness (QED) is 0.266. The molecular weight excluding hydrogens is 276 g/mol. The van der Waals surface area contributed by atoms with Crippen LogP contribution in [0.5, 0.6) is 0 Å². The van der Waals surface area contributed by atoms with E-state index in [1.165, 1.54) is 7.11 Å². The third kappa shape index (κ3) is 6.61. The lowest BCUT2D eigenvalue weighted by Gasteiger charge is -2.04. The van der Waals surface area contributed by atoms with Crippen LogP contribution in [-0.2, 0) is 14.3 Å². The lowest BCUT2D eigenvalue weighted by atomic mass is 10.1. The fourth-order valence-corrected chi connectivity index (χ4v) is 1.55. The zero-order valence-corrected chi connectivity index (χ0v) is 12.8. The number of benzene rings is 1. The number of allylic oxidation sites excluding steroid dienone is 2. The van der Waals surface area contributed by atoms with E-state index in [2.05, 4.69) is 23.7 Å². The Morgan fingerprint density at radius 1 is 1.23 bits per heavy atom. The largest absolute Gasteiger partial charge is 0.465 e. The fraction of sp³-hybridized carbons (Fsp3) is 0.211. The molecule has 0 unspecified atom stereocenters. The molecule has 0 N–H and O–H groups in total. The normalized spacial score (nSPS) is 10.4. The molecule has 0 aliphatic rings. The number of hydrogen-bond acceptors (Lipinski definition) is 3. The van der Waals surface area contributed by atoms with Crippen molar-refractivity contribution < 1.29 is 14.3 Å². The number of ether oxygens (including phenoxy) is 2. The third-order valence-corrected chi connectivity index (χ3v) is 2.55. The molecule has 3 nitrogen and oxygen atoms in total. The van der Waals surface area contributed by atoms with Crippen molar-refractivity contribution in [2.75, 3.05) is 20.3 Å². The van der Waals surface area contributed by atoms with Gasteiger partial charge in [0, 0.05) is 0 Å². The molecule has 0 heterocycles. The first-order valence-corrected chi connectivity index (χ1v) is 6.77. The molecule has 0 amide bonds. The summed E-state index contributed by atoms with van der Waals surface area (Å²) in [7, 11) is 1.36. The van der Waals surface area contributed by atoms with Gasteiger partial charge in [-0.3, -0.25) is 0 Å². The van der Waals surface area contributed by atoms with E-state index in [4.69, 9.17) is 9.47 Å². The first-order chi connectivity index (χ1) is 10.8. The summed E-state index contributed by atoms with van der Waals surface area (Å²) in [6, 6.07) is 9.36. The van der Waals surface area contributed by atoms with Gasteiger partial charge < -0.3 is 9.47 Å². The van der Waals surface area contributed by atoms with E-state index in [9.17, 15) is 4.79 Å². The highest BCUT2D eigenvalue weighted by atomic mass is 16.5. The van der Waals surface area contributed by atoms with Gasteiger partial charge in [0.05, 0.1) is 19.3 Å². The number of carbonyl (C=O) groups is 1. The topological polar surface area (TPSA) is 35.5 Å². The smallest absolute Gasteiger partial charge is 0.338 e. The Kier molecular flexibility index (Phi) is 8.63. The number of methoxy groups -OCH3 is 1. The summed E-state index contributed by atoms with van der Waals surface area (Å²) in [6.07, 6.45) is 5.27. The van der Waals surface area contributed by atoms with Gasteiger partial charge in [-0.15, -0.1) is 0 Å². The van der Waals surface area contributed by atoms with Crippen molar-refractivity contribution in [1.29, 1.82) is 0 Å². The molecule has 1 rings (SSSR count). The van der Waals surface area contributed by atoms with Crippen LogP contribution in [0.3, 0.4) is 0 Å². The van der Waals surface area contributed by atoms with Crippen LogP contribution >= 0.6 is 0 Å². The molecule has 0 saturated carbocycles. The van der Waals surface area contributed by atoms with Gasteiger partial charge in [-0.05, 0) is 30.4 Å². The van der Waals surface area contributed by atoms with E-state index in [0.29, 0.717) is 18.8 Å². The molecule has 1 aromatic carbocycles. The molecule has 0 aliphatic carbocycles. The number of hydrogen-bond donors (Lipinski definition) is 0. The molecule has 22 heavy (non-hydrogen) atoms. The Morgan fingerprint density at radius 2 is 2.00 bits per heavy atom. The molecule has 0 aromatic heterocycles. The van der Waals surface area contributed by atoms with E-state index in [-0.39, 0.29) is 5.97 Å². The van der Waals surface area contributed by atoms with Crippen LogP contribution in [-0.4, -0.2) is 26.3 Å². The second-order valence-electron chi connectivity index (χ2n) is 4.06. The summed E-state index contributed by atoms with van der Waals surface area (Å²) in [4.78, 5) is 11.8. The highest BCUT2D eigenvalue weighted by Crippen LogP contribution is 2.15. The first kappa shape index (κ1) is 17.3. The maximum atomic E-state index is 11.8. The van der Waals surface area contributed by atoms with Crippen LogP contribution in [0.2, 0.25) is 0 Å². The summed E-state index contributed by atoms with van der Waals surface area (Å²) in [6.45, 7) is 2.47.